The Morgan fingerprint density at radius 3 is 2.89 bits per heavy atom. The highest BCUT2D eigenvalue weighted by molar-refractivity contribution is 7.99. The number of nitrogens with zero attached hydrogens (tertiary/aromatic N) is 2. The van der Waals surface area contributed by atoms with E-state index in [0.717, 1.165) is 17.8 Å². The van der Waals surface area contributed by atoms with Crippen LogP contribution in [-0.2, 0) is 4.79 Å². The van der Waals surface area contributed by atoms with E-state index in [1.807, 2.05) is 0 Å². The van der Waals surface area contributed by atoms with E-state index >= 15 is 0 Å². The van der Waals surface area contributed by atoms with Gasteiger partial charge in [-0.05, 0) is 19.1 Å². The van der Waals surface area contributed by atoms with Gasteiger partial charge in [-0.15, -0.1) is 0 Å². The summed E-state index contributed by atoms with van der Waals surface area (Å²) in [5.74, 6) is -3.15. The number of hydrogen-bond acceptors (Lipinski definition) is 3. The molecule has 100 valence electrons. The molecule has 7 heteroatoms. The number of aromatic nitrogens is 2. The SMILES string of the molecule is Cc1cn(-c2cccc(F)c2F)c(SCC(=O)O)n1. The number of aliphatic carboxylic acids is 1. The van der Waals surface area contributed by atoms with E-state index < -0.39 is 17.6 Å². The zero-order valence-corrected chi connectivity index (χ0v) is 10.7. The first-order valence-electron chi connectivity index (χ1n) is 5.34. The Bertz CT molecular complexity index is 628. The van der Waals surface area contributed by atoms with Gasteiger partial charge < -0.3 is 5.11 Å². The number of benzene rings is 1. The molecule has 0 aliphatic rings. The van der Waals surface area contributed by atoms with Crippen molar-refractivity contribution in [3.05, 3.63) is 41.7 Å². The van der Waals surface area contributed by atoms with Gasteiger partial charge >= 0.3 is 5.97 Å². The molecular weight excluding hydrogens is 274 g/mol. The van der Waals surface area contributed by atoms with E-state index in [9.17, 15) is 13.6 Å². The minimum atomic E-state index is -1.00. The van der Waals surface area contributed by atoms with Crippen LogP contribution in [0.4, 0.5) is 8.78 Å². The monoisotopic (exact) mass is 284 g/mol. The fraction of sp³-hybridized carbons (Fsp3) is 0.167. The first-order valence-corrected chi connectivity index (χ1v) is 6.32. The number of hydrogen-bond donors (Lipinski definition) is 1. The van der Waals surface area contributed by atoms with Crippen molar-refractivity contribution in [2.75, 3.05) is 5.75 Å². The highest BCUT2D eigenvalue weighted by Gasteiger charge is 2.15. The van der Waals surface area contributed by atoms with Gasteiger partial charge in [-0.3, -0.25) is 9.36 Å². The van der Waals surface area contributed by atoms with Crippen LogP contribution in [-0.4, -0.2) is 26.4 Å². The fourth-order valence-corrected chi connectivity index (χ4v) is 2.31. The van der Waals surface area contributed by atoms with Crippen LogP contribution in [0.5, 0.6) is 0 Å². The number of halogens is 2. The molecule has 1 aromatic heterocycles. The minimum Gasteiger partial charge on any atom is -0.481 e. The second kappa shape index (κ2) is 5.40. The molecule has 0 fully saturated rings. The second-order valence-corrected chi connectivity index (χ2v) is 4.73. The lowest BCUT2D eigenvalue weighted by molar-refractivity contribution is -0.133. The fourth-order valence-electron chi connectivity index (χ4n) is 1.55. The van der Waals surface area contributed by atoms with Crippen LogP contribution in [0.1, 0.15) is 5.69 Å². The smallest absolute Gasteiger partial charge is 0.313 e. The molecule has 0 atom stereocenters. The molecule has 2 rings (SSSR count). The molecule has 1 aromatic carbocycles. The third-order valence-electron chi connectivity index (χ3n) is 2.31. The maximum absolute atomic E-state index is 13.7. The van der Waals surface area contributed by atoms with Crippen molar-refractivity contribution >= 4 is 17.7 Å². The summed E-state index contributed by atoms with van der Waals surface area (Å²) in [5, 5.41) is 8.96. The lowest BCUT2D eigenvalue weighted by Crippen LogP contribution is -2.03. The number of carboxylic acid groups (broad SMARTS) is 1. The van der Waals surface area contributed by atoms with Crippen molar-refractivity contribution in [1.29, 1.82) is 0 Å². The van der Waals surface area contributed by atoms with E-state index in [2.05, 4.69) is 4.98 Å². The Kier molecular flexibility index (Phi) is 3.84. The lowest BCUT2D eigenvalue weighted by atomic mass is 10.3. The van der Waals surface area contributed by atoms with Crippen LogP contribution >= 0.6 is 11.8 Å². The lowest BCUT2D eigenvalue weighted by Gasteiger charge is -2.07. The second-order valence-electron chi connectivity index (χ2n) is 3.79. The molecule has 1 N–H and O–H groups in total. The maximum Gasteiger partial charge on any atom is 0.313 e. The van der Waals surface area contributed by atoms with Crippen molar-refractivity contribution in [2.45, 2.75) is 12.1 Å². The van der Waals surface area contributed by atoms with E-state index in [1.54, 1.807) is 6.92 Å². The van der Waals surface area contributed by atoms with Crippen LogP contribution in [0.25, 0.3) is 5.69 Å². The summed E-state index contributed by atoms with van der Waals surface area (Å²) in [7, 11) is 0. The average Bonchev–Trinajstić information content (AvgIpc) is 2.71. The van der Waals surface area contributed by atoms with Crippen LogP contribution < -0.4 is 0 Å². The number of thioether (sulfide) groups is 1. The number of rotatable bonds is 4. The molecule has 19 heavy (non-hydrogen) atoms. The summed E-state index contributed by atoms with van der Waals surface area (Å²) in [6.45, 7) is 1.69. The molecule has 0 aliphatic carbocycles. The van der Waals surface area contributed by atoms with Crippen molar-refractivity contribution in [3.8, 4) is 5.69 Å². The summed E-state index contributed by atoms with van der Waals surface area (Å²) in [6, 6.07) is 3.81. The van der Waals surface area contributed by atoms with E-state index in [-0.39, 0.29) is 11.4 Å². The van der Waals surface area contributed by atoms with Gasteiger partial charge in [0.15, 0.2) is 16.8 Å². The predicted octanol–water partition coefficient (Wildman–Crippen LogP) is 2.64. The molecule has 0 bridgehead atoms. The Morgan fingerprint density at radius 1 is 1.47 bits per heavy atom. The molecule has 0 unspecified atom stereocenters. The third-order valence-corrected chi connectivity index (χ3v) is 3.25. The van der Waals surface area contributed by atoms with E-state index in [1.165, 1.54) is 22.9 Å². The van der Waals surface area contributed by atoms with E-state index in [4.69, 9.17) is 5.11 Å². The van der Waals surface area contributed by atoms with Crippen LogP contribution in [0.15, 0.2) is 29.6 Å². The van der Waals surface area contributed by atoms with E-state index in [0.29, 0.717) is 10.9 Å². The first kappa shape index (κ1) is 13.5. The summed E-state index contributed by atoms with van der Waals surface area (Å²) in [5.41, 5.74) is 0.602. The van der Waals surface area contributed by atoms with Crippen molar-refractivity contribution in [2.24, 2.45) is 0 Å². The topological polar surface area (TPSA) is 55.1 Å². The predicted molar refractivity (Wildman–Crippen MR) is 66.6 cm³/mol. The molecule has 4 nitrogen and oxygen atoms in total. The molecule has 0 saturated carbocycles. The number of aryl methyl sites for hydroxylation is 1. The standard InChI is InChI=1S/C12H10F2N2O2S/c1-7-5-16(12(15-7)19-6-10(17)18)9-4-2-3-8(13)11(9)14/h2-5H,6H2,1H3,(H,17,18). The van der Waals surface area contributed by atoms with Gasteiger partial charge in [-0.1, -0.05) is 17.8 Å². The highest BCUT2D eigenvalue weighted by Crippen LogP contribution is 2.24. The Morgan fingerprint density at radius 2 is 2.21 bits per heavy atom. The number of imidazole rings is 1. The largest absolute Gasteiger partial charge is 0.481 e. The van der Waals surface area contributed by atoms with Gasteiger partial charge in [0, 0.05) is 6.20 Å². The summed E-state index contributed by atoms with van der Waals surface area (Å²) >= 11 is 0.949. The van der Waals surface area contributed by atoms with Gasteiger partial charge in [0.1, 0.15) is 0 Å². The first-order chi connectivity index (χ1) is 8.99. The molecule has 1 heterocycles. The third kappa shape index (κ3) is 2.93. The van der Waals surface area contributed by atoms with Gasteiger partial charge in [0.05, 0.1) is 17.1 Å². The minimum absolute atomic E-state index is 0.00786. The normalized spacial score (nSPS) is 10.7. The molecule has 0 aliphatic heterocycles. The maximum atomic E-state index is 13.7. The Hall–Kier alpha value is -1.89. The number of carbonyl (C=O) groups is 1. The zero-order valence-electron chi connectivity index (χ0n) is 9.93. The van der Waals surface area contributed by atoms with Gasteiger partial charge in [0.2, 0.25) is 0 Å². The highest BCUT2D eigenvalue weighted by atomic mass is 32.2. The summed E-state index contributed by atoms with van der Waals surface area (Å²) < 4.78 is 28.3. The average molecular weight is 284 g/mol. The quantitative estimate of drug-likeness (QED) is 0.877. The van der Waals surface area contributed by atoms with Gasteiger partial charge in [-0.2, -0.15) is 0 Å². The zero-order chi connectivity index (χ0) is 14.0. The van der Waals surface area contributed by atoms with Crippen LogP contribution in [0, 0.1) is 18.6 Å². The van der Waals surface area contributed by atoms with Crippen molar-refractivity contribution < 1.29 is 18.7 Å². The molecule has 0 radical (unpaired) electrons. The molecule has 2 aromatic rings. The molecule has 0 spiro atoms. The van der Waals surface area contributed by atoms with Crippen LogP contribution in [0.3, 0.4) is 0 Å². The van der Waals surface area contributed by atoms with Crippen molar-refractivity contribution in [3.63, 3.8) is 0 Å². The molecule has 0 saturated heterocycles. The van der Waals surface area contributed by atoms with Gasteiger partial charge in [0.25, 0.3) is 0 Å². The van der Waals surface area contributed by atoms with Crippen LogP contribution in [0.2, 0.25) is 0 Å². The van der Waals surface area contributed by atoms with Crippen molar-refractivity contribution in [1.82, 2.24) is 9.55 Å². The summed E-state index contributed by atoms with van der Waals surface area (Å²) in [4.78, 5) is 14.7. The molecule has 0 amide bonds. The Balaban J connectivity index is 2.44. The number of carboxylic acids is 1. The Labute approximate surface area is 112 Å². The summed E-state index contributed by atoms with van der Waals surface area (Å²) in [6.07, 6.45) is 1.53. The molecular formula is C12H10F2N2O2S. The van der Waals surface area contributed by atoms with Gasteiger partial charge in [-0.25, -0.2) is 13.8 Å².